The SMILES string of the molecule is CC[C@H](CC[C@@H](C)[C@H]1CC[C@H]2[C@@H]3CC=C4C[C@@H](OC(=O)NCCN(CC)CC)CC[C@]4(C)[C@H]3CC[C@]12C)C(C)C.CC[C@H](CC[C@@H](C)[C@H]1CC[C@H]2[C@@H]3CC=C4C[C@@H](OC(=O)n5ccnc5)CC[C@]4(C)[C@H]3CC[C@]12C)C(C)C. The van der Waals surface area contributed by atoms with E-state index in [2.05, 4.69) is 124 Å². The third-order valence-corrected chi connectivity index (χ3v) is 25.4. The van der Waals surface area contributed by atoms with E-state index in [0.29, 0.717) is 22.8 Å². The molecule has 6 saturated carbocycles. The largest absolute Gasteiger partial charge is 0.446 e. The van der Waals surface area contributed by atoms with Gasteiger partial charge >= 0.3 is 12.2 Å². The number of amides is 1. The molecule has 0 radical (unpaired) electrons. The number of alkyl carbamates (subject to hydrolysis) is 1. The standard InChI is InChI=1S/C36H64N2O2.C33H52N2O2/c1-9-27(25(4)5)13-12-26(6)31-16-17-32-30-15-14-28-24-29(40-34(39)37-22-23-38(10-2)11-3)18-20-35(28,7)33(30)19-21-36(31,32)8;1-7-24(22(2)3)9-8-23(4)28-12-13-29-27-11-10-25-20-26(37-31(36)35-19-18-34-21-35)14-16-32(25,5)30(27)15-17-33(28,29)6/h14,25-27,29-33H,9-13,15-24H2,1-8H3,(H,37,39);10,18-19,21-24,26-30H,7-9,11-17,20H2,1-6H3/t26-,27-,29+,30+,31-,32+,33+,35+,36-;23-,24-,26+,27+,28-,29+,30+,32+,33-/m11/s1. The molecule has 1 heterocycles. The molecule has 0 aliphatic heterocycles. The lowest BCUT2D eigenvalue weighted by Gasteiger charge is -2.58. The molecule has 18 atom stereocenters. The summed E-state index contributed by atoms with van der Waals surface area (Å²) in [5, 5.41) is 3.00. The highest BCUT2D eigenvalue weighted by atomic mass is 16.6. The van der Waals surface area contributed by atoms with Gasteiger partial charge in [-0.05, 0) is 220 Å². The average Bonchev–Trinajstić information content (AvgIpc) is 4.27. The molecule has 8 heteroatoms. The second-order valence-electron chi connectivity index (χ2n) is 29.4. The van der Waals surface area contributed by atoms with E-state index in [1.54, 1.807) is 23.5 Å². The van der Waals surface area contributed by atoms with Gasteiger partial charge in [0.05, 0.1) is 0 Å². The fourth-order valence-electron chi connectivity index (χ4n) is 20.4. The number of nitrogens with one attached hydrogen (secondary N) is 1. The number of ether oxygens (including phenoxy) is 2. The molecular formula is C69H116N4O4. The molecule has 0 bridgehead atoms. The number of allylic oxidation sites excluding steroid dienone is 2. The van der Waals surface area contributed by atoms with Crippen molar-refractivity contribution in [1.29, 1.82) is 0 Å². The third-order valence-electron chi connectivity index (χ3n) is 25.4. The van der Waals surface area contributed by atoms with E-state index < -0.39 is 0 Å². The molecule has 0 spiro atoms. The Bertz CT molecular complexity index is 2130. The quantitative estimate of drug-likeness (QED) is 0.139. The number of nitrogens with zero attached hydrogens (tertiary/aromatic N) is 3. The summed E-state index contributed by atoms with van der Waals surface area (Å²) in [7, 11) is 0. The highest BCUT2D eigenvalue weighted by Crippen LogP contribution is 2.69. The van der Waals surface area contributed by atoms with Gasteiger partial charge < -0.3 is 19.7 Å². The van der Waals surface area contributed by atoms with Crippen molar-refractivity contribution >= 4 is 12.2 Å². The number of hydrogen-bond acceptors (Lipinski definition) is 6. The summed E-state index contributed by atoms with van der Waals surface area (Å²) in [4.78, 5) is 31.4. The first-order chi connectivity index (χ1) is 36.7. The number of imidazole rings is 1. The lowest BCUT2D eigenvalue weighted by atomic mass is 9.47. The fraction of sp³-hybridized carbons (Fsp3) is 0.870. The van der Waals surface area contributed by atoms with Gasteiger partial charge in [0.25, 0.3) is 0 Å². The van der Waals surface area contributed by atoms with Crippen molar-refractivity contribution in [1.82, 2.24) is 19.8 Å². The molecule has 6 fully saturated rings. The van der Waals surface area contributed by atoms with Crippen LogP contribution in [0.4, 0.5) is 9.59 Å². The van der Waals surface area contributed by atoms with Crippen LogP contribution in [-0.4, -0.2) is 65.0 Å². The van der Waals surface area contributed by atoms with Gasteiger partial charge in [-0.25, -0.2) is 19.1 Å². The van der Waals surface area contributed by atoms with Gasteiger partial charge in [0.1, 0.15) is 18.5 Å². The Balaban J connectivity index is 0.000000204. The first-order valence-corrected chi connectivity index (χ1v) is 33.0. The fourth-order valence-corrected chi connectivity index (χ4v) is 20.4. The first-order valence-electron chi connectivity index (χ1n) is 33.0. The molecule has 9 rings (SSSR count). The van der Waals surface area contributed by atoms with Crippen LogP contribution in [0.1, 0.15) is 238 Å². The molecule has 1 N–H and O–H groups in total. The molecule has 77 heavy (non-hydrogen) atoms. The van der Waals surface area contributed by atoms with Gasteiger partial charge in [0.2, 0.25) is 0 Å². The number of carbonyl (C=O) groups excluding carboxylic acids is 2. The van der Waals surface area contributed by atoms with Crippen molar-refractivity contribution < 1.29 is 19.1 Å². The highest BCUT2D eigenvalue weighted by molar-refractivity contribution is 5.70. The van der Waals surface area contributed by atoms with Gasteiger partial charge in [-0.2, -0.15) is 0 Å². The Labute approximate surface area is 472 Å². The number of fused-ring (bicyclic) bond motifs is 10. The van der Waals surface area contributed by atoms with Crippen LogP contribution < -0.4 is 5.32 Å². The van der Waals surface area contributed by atoms with E-state index in [9.17, 15) is 9.59 Å². The summed E-state index contributed by atoms with van der Waals surface area (Å²) < 4.78 is 13.3. The number of carbonyl (C=O) groups is 2. The molecule has 1 aromatic rings. The van der Waals surface area contributed by atoms with Crippen LogP contribution in [0, 0.1) is 105 Å². The molecule has 0 saturated heterocycles. The molecule has 8 aliphatic carbocycles. The van der Waals surface area contributed by atoms with Crippen LogP contribution in [0.5, 0.6) is 0 Å². The van der Waals surface area contributed by atoms with Gasteiger partial charge in [-0.1, -0.05) is 146 Å². The van der Waals surface area contributed by atoms with Gasteiger partial charge in [-0.15, -0.1) is 0 Å². The molecule has 8 aliphatic rings. The maximum Gasteiger partial charge on any atom is 0.419 e. The predicted octanol–water partition coefficient (Wildman–Crippen LogP) is 18.0. The Kier molecular flexibility index (Phi) is 20.2. The monoisotopic (exact) mass is 1060 g/mol. The van der Waals surface area contributed by atoms with Crippen molar-refractivity contribution in [3.05, 3.63) is 42.0 Å². The van der Waals surface area contributed by atoms with Crippen molar-refractivity contribution in [2.45, 2.75) is 250 Å². The van der Waals surface area contributed by atoms with E-state index >= 15 is 0 Å². The zero-order valence-corrected chi connectivity index (χ0v) is 52.0. The molecule has 1 amide bonds. The zero-order valence-electron chi connectivity index (χ0n) is 52.0. The highest BCUT2D eigenvalue weighted by Gasteiger charge is 2.61. The van der Waals surface area contributed by atoms with E-state index in [1.807, 2.05) is 0 Å². The smallest absolute Gasteiger partial charge is 0.419 e. The van der Waals surface area contributed by atoms with Gasteiger partial charge in [-0.3, -0.25) is 0 Å². The molecule has 0 aromatic carbocycles. The van der Waals surface area contributed by atoms with Gasteiger partial charge in [0, 0.05) is 38.3 Å². The average molecular weight is 1070 g/mol. The van der Waals surface area contributed by atoms with Crippen LogP contribution in [-0.2, 0) is 9.47 Å². The van der Waals surface area contributed by atoms with E-state index in [0.717, 1.165) is 135 Å². The summed E-state index contributed by atoms with van der Waals surface area (Å²) in [6.07, 6.45) is 38.0. The molecule has 0 unspecified atom stereocenters. The molecule has 8 nitrogen and oxygen atoms in total. The Morgan fingerprint density at radius 2 is 1.12 bits per heavy atom. The predicted molar refractivity (Wildman–Crippen MR) is 318 cm³/mol. The minimum Gasteiger partial charge on any atom is -0.446 e. The van der Waals surface area contributed by atoms with E-state index in [4.69, 9.17) is 9.47 Å². The molecular weight excluding hydrogens is 949 g/mol. The maximum atomic E-state index is 12.5. The normalized spacial score (nSPS) is 37.8. The van der Waals surface area contributed by atoms with Crippen LogP contribution in [0.25, 0.3) is 0 Å². The lowest BCUT2D eigenvalue weighted by Crippen LogP contribution is -2.51. The maximum absolute atomic E-state index is 12.5. The summed E-state index contributed by atoms with van der Waals surface area (Å²) in [5.41, 5.74) is 4.84. The zero-order chi connectivity index (χ0) is 55.5. The second-order valence-corrected chi connectivity index (χ2v) is 29.4. The summed E-state index contributed by atoms with van der Waals surface area (Å²) in [6, 6.07) is 0. The van der Waals surface area contributed by atoms with Crippen molar-refractivity contribution in [3.63, 3.8) is 0 Å². The minimum absolute atomic E-state index is 0.00544. The Hall–Kier alpha value is -2.61. The van der Waals surface area contributed by atoms with Crippen LogP contribution in [0.15, 0.2) is 42.0 Å². The first kappa shape index (κ1) is 60.5. The summed E-state index contributed by atoms with van der Waals surface area (Å²) >= 11 is 0. The van der Waals surface area contributed by atoms with Crippen molar-refractivity contribution in [2.24, 2.45) is 105 Å². The Morgan fingerprint density at radius 3 is 1.55 bits per heavy atom. The van der Waals surface area contributed by atoms with Crippen LogP contribution in [0.2, 0.25) is 0 Å². The van der Waals surface area contributed by atoms with Crippen molar-refractivity contribution in [3.8, 4) is 0 Å². The molecule has 1 aromatic heterocycles. The third kappa shape index (κ3) is 12.6. The van der Waals surface area contributed by atoms with E-state index in [1.165, 1.54) is 120 Å². The second kappa shape index (κ2) is 25.7. The Morgan fingerprint density at radius 1 is 0.636 bits per heavy atom. The minimum atomic E-state index is -0.293. The topological polar surface area (TPSA) is 85.7 Å². The van der Waals surface area contributed by atoms with Crippen LogP contribution >= 0.6 is 0 Å². The number of hydrogen-bond donors (Lipinski definition) is 1. The number of rotatable bonds is 19. The van der Waals surface area contributed by atoms with Crippen molar-refractivity contribution in [2.75, 3.05) is 26.2 Å². The summed E-state index contributed by atoms with van der Waals surface area (Å²) in [6.45, 7) is 38.0. The van der Waals surface area contributed by atoms with Gasteiger partial charge in [0.15, 0.2) is 0 Å². The van der Waals surface area contributed by atoms with Crippen LogP contribution in [0.3, 0.4) is 0 Å². The lowest BCUT2D eigenvalue weighted by molar-refractivity contribution is -0.0583. The number of aromatic nitrogens is 2. The summed E-state index contributed by atoms with van der Waals surface area (Å²) in [5.74, 6) is 12.0. The molecule has 436 valence electrons. The van der Waals surface area contributed by atoms with E-state index in [-0.39, 0.29) is 29.8 Å². The number of likely N-dealkylation sites (N-methyl/N-ethyl adjacent to an activating group) is 1.